The van der Waals surface area contributed by atoms with E-state index in [-0.39, 0.29) is 17.9 Å². The van der Waals surface area contributed by atoms with Crippen LogP contribution in [0.1, 0.15) is 104 Å². The molecule has 0 saturated heterocycles. The van der Waals surface area contributed by atoms with Crippen LogP contribution < -0.4 is 10.6 Å². The lowest BCUT2D eigenvalue weighted by Gasteiger charge is -2.35. The highest BCUT2D eigenvalue weighted by atomic mass is 32.2. The number of nitrogens with zero attached hydrogens (tertiary/aromatic N) is 1. The van der Waals surface area contributed by atoms with E-state index in [1.54, 1.807) is 37.4 Å². The highest BCUT2D eigenvalue weighted by molar-refractivity contribution is 7.98. The molecular formula is C30H51N3O4S. The van der Waals surface area contributed by atoms with Crippen LogP contribution in [0.15, 0.2) is 24.3 Å². The molecule has 0 fully saturated rings. The van der Waals surface area contributed by atoms with Crippen LogP contribution in [0, 0.1) is 6.92 Å². The zero-order valence-corrected chi connectivity index (χ0v) is 25.7. The first-order valence-electron chi connectivity index (χ1n) is 14.1. The van der Waals surface area contributed by atoms with Crippen molar-refractivity contribution in [1.82, 2.24) is 15.5 Å². The average molecular weight is 550 g/mol. The van der Waals surface area contributed by atoms with E-state index in [9.17, 15) is 14.4 Å². The molecule has 1 aromatic rings. The monoisotopic (exact) mass is 549 g/mol. The lowest BCUT2D eigenvalue weighted by atomic mass is 9.97. The quantitative estimate of drug-likeness (QED) is 0.233. The van der Waals surface area contributed by atoms with Gasteiger partial charge >= 0.3 is 6.09 Å². The molecule has 216 valence electrons. The number of amides is 3. The van der Waals surface area contributed by atoms with Gasteiger partial charge in [0.05, 0.1) is 0 Å². The van der Waals surface area contributed by atoms with Gasteiger partial charge in [0.1, 0.15) is 17.7 Å². The summed E-state index contributed by atoms with van der Waals surface area (Å²) in [5, 5.41) is 5.84. The first-order valence-corrected chi connectivity index (χ1v) is 15.5. The van der Waals surface area contributed by atoms with Gasteiger partial charge in [-0.2, -0.15) is 11.8 Å². The Morgan fingerprint density at radius 2 is 1.63 bits per heavy atom. The summed E-state index contributed by atoms with van der Waals surface area (Å²) in [5.41, 5.74) is 1.06. The SMILES string of the molecule is CCCCCCCCN(C(=O)C(CCSC)NC(=O)OC(C)(C)C)C(C(=O)NC(C)C)c1ccccc1C. The van der Waals surface area contributed by atoms with Crippen LogP contribution in [0.5, 0.6) is 0 Å². The summed E-state index contributed by atoms with van der Waals surface area (Å²) >= 11 is 1.61. The molecule has 2 atom stereocenters. The molecule has 7 nitrogen and oxygen atoms in total. The number of thioether (sulfide) groups is 1. The average Bonchev–Trinajstić information content (AvgIpc) is 2.82. The van der Waals surface area contributed by atoms with E-state index in [0.29, 0.717) is 18.7 Å². The molecule has 0 heterocycles. The minimum atomic E-state index is -0.796. The third-order valence-electron chi connectivity index (χ3n) is 6.11. The zero-order valence-electron chi connectivity index (χ0n) is 24.9. The van der Waals surface area contributed by atoms with Crippen molar-refractivity contribution in [1.29, 1.82) is 0 Å². The minimum Gasteiger partial charge on any atom is -0.444 e. The van der Waals surface area contributed by atoms with Crippen molar-refractivity contribution in [3.8, 4) is 0 Å². The van der Waals surface area contributed by atoms with Crippen molar-refractivity contribution >= 4 is 29.7 Å². The van der Waals surface area contributed by atoms with Crippen LogP contribution in [0.3, 0.4) is 0 Å². The largest absolute Gasteiger partial charge is 0.444 e. The van der Waals surface area contributed by atoms with E-state index < -0.39 is 23.8 Å². The van der Waals surface area contributed by atoms with Crippen LogP contribution >= 0.6 is 11.8 Å². The summed E-state index contributed by atoms with van der Waals surface area (Å²) < 4.78 is 5.47. The number of nitrogens with one attached hydrogen (secondary N) is 2. The van der Waals surface area contributed by atoms with E-state index in [1.807, 2.05) is 51.3 Å². The molecule has 1 rings (SSSR count). The second-order valence-electron chi connectivity index (χ2n) is 11.2. The molecule has 3 amide bonds. The molecule has 0 aliphatic rings. The molecule has 2 N–H and O–H groups in total. The standard InChI is InChI=1S/C30H51N3O4S/c1-9-10-11-12-13-16-20-33(26(27(34)31-22(2)3)24-18-15-14-17-23(24)4)28(35)25(19-21-38-8)32-29(36)37-30(5,6)7/h14-15,17-18,22,25-26H,9-13,16,19-21H2,1-8H3,(H,31,34)(H,32,36). The molecule has 0 radical (unpaired) electrons. The van der Waals surface area contributed by atoms with Crippen LogP contribution in [0.4, 0.5) is 4.79 Å². The first kappa shape index (κ1) is 33.8. The fourth-order valence-corrected chi connectivity index (χ4v) is 4.75. The maximum atomic E-state index is 14.2. The number of hydrogen-bond acceptors (Lipinski definition) is 5. The molecule has 0 aliphatic heterocycles. The van der Waals surface area contributed by atoms with Gasteiger partial charge in [0.2, 0.25) is 11.8 Å². The van der Waals surface area contributed by atoms with Crippen molar-refractivity contribution in [2.24, 2.45) is 0 Å². The van der Waals surface area contributed by atoms with Gasteiger partial charge in [0.25, 0.3) is 0 Å². The second kappa shape index (κ2) is 17.4. The molecular weight excluding hydrogens is 498 g/mol. The molecule has 0 aromatic heterocycles. The summed E-state index contributed by atoms with van der Waals surface area (Å²) in [6.45, 7) is 13.8. The topological polar surface area (TPSA) is 87.7 Å². The Balaban J connectivity index is 3.41. The highest BCUT2D eigenvalue weighted by Gasteiger charge is 2.36. The smallest absolute Gasteiger partial charge is 0.408 e. The van der Waals surface area contributed by atoms with Crippen molar-refractivity contribution in [3.05, 3.63) is 35.4 Å². The Bertz CT molecular complexity index is 869. The Morgan fingerprint density at radius 3 is 2.21 bits per heavy atom. The third-order valence-corrected chi connectivity index (χ3v) is 6.75. The predicted octanol–water partition coefficient (Wildman–Crippen LogP) is 6.40. The van der Waals surface area contributed by atoms with Crippen molar-refractivity contribution < 1.29 is 19.1 Å². The lowest BCUT2D eigenvalue weighted by molar-refractivity contribution is -0.142. The van der Waals surface area contributed by atoms with Gasteiger partial charge in [0, 0.05) is 12.6 Å². The molecule has 38 heavy (non-hydrogen) atoms. The van der Waals surface area contributed by atoms with Crippen molar-refractivity contribution in [3.63, 3.8) is 0 Å². The van der Waals surface area contributed by atoms with Crippen LogP contribution in [-0.2, 0) is 14.3 Å². The summed E-state index contributed by atoms with van der Waals surface area (Å²) in [4.78, 5) is 42.2. The predicted molar refractivity (Wildman–Crippen MR) is 158 cm³/mol. The van der Waals surface area contributed by atoms with E-state index in [2.05, 4.69) is 17.6 Å². The maximum Gasteiger partial charge on any atom is 0.408 e. The summed E-state index contributed by atoms with van der Waals surface area (Å²) in [7, 11) is 0. The Kier molecular flexibility index (Phi) is 15.5. The van der Waals surface area contributed by atoms with Crippen LogP contribution in [0.2, 0.25) is 0 Å². The van der Waals surface area contributed by atoms with Crippen molar-refractivity contribution in [2.75, 3.05) is 18.6 Å². The first-order chi connectivity index (χ1) is 17.9. The van der Waals surface area contributed by atoms with Crippen LogP contribution in [0.25, 0.3) is 0 Å². The molecule has 0 spiro atoms. The summed E-state index contributed by atoms with van der Waals surface area (Å²) in [6, 6.07) is 6.04. The van der Waals surface area contributed by atoms with Gasteiger partial charge in [-0.3, -0.25) is 9.59 Å². The third kappa shape index (κ3) is 12.5. The number of alkyl carbamates (subject to hydrolysis) is 1. The molecule has 0 saturated carbocycles. The van der Waals surface area contributed by atoms with Gasteiger partial charge in [-0.15, -0.1) is 0 Å². The van der Waals surface area contributed by atoms with E-state index in [4.69, 9.17) is 4.74 Å². The molecule has 8 heteroatoms. The zero-order chi connectivity index (χ0) is 28.7. The van der Waals surface area contributed by atoms with Crippen molar-refractivity contribution in [2.45, 2.75) is 117 Å². The number of benzene rings is 1. The van der Waals surface area contributed by atoms with E-state index in [0.717, 1.165) is 36.8 Å². The number of unbranched alkanes of at least 4 members (excludes halogenated alkanes) is 5. The minimum absolute atomic E-state index is 0.0767. The van der Waals surface area contributed by atoms with Gasteiger partial charge in [-0.1, -0.05) is 63.3 Å². The number of carbonyl (C=O) groups excluding carboxylic acids is 3. The van der Waals surface area contributed by atoms with Gasteiger partial charge in [-0.25, -0.2) is 4.79 Å². The van der Waals surface area contributed by atoms with Gasteiger partial charge in [0.15, 0.2) is 0 Å². The molecule has 1 aromatic carbocycles. The van der Waals surface area contributed by atoms with E-state index >= 15 is 0 Å². The molecule has 0 aliphatic carbocycles. The number of aryl methyl sites for hydroxylation is 1. The Hall–Kier alpha value is -2.22. The number of ether oxygens (including phenoxy) is 1. The van der Waals surface area contributed by atoms with Gasteiger partial charge < -0.3 is 20.3 Å². The molecule has 2 unspecified atom stereocenters. The van der Waals surface area contributed by atoms with E-state index in [1.165, 1.54) is 12.8 Å². The van der Waals surface area contributed by atoms with Gasteiger partial charge in [-0.05, 0) is 77.5 Å². The fourth-order valence-electron chi connectivity index (χ4n) is 4.28. The summed E-state index contributed by atoms with van der Waals surface area (Å²) in [6.07, 6.45) is 8.17. The number of carbonyl (C=O) groups is 3. The Labute approximate surface area is 235 Å². The number of rotatable bonds is 16. The fraction of sp³-hybridized carbons (Fsp3) is 0.700. The normalized spacial score (nSPS) is 13.1. The second-order valence-corrected chi connectivity index (χ2v) is 12.2. The highest BCUT2D eigenvalue weighted by Crippen LogP contribution is 2.27. The maximum absolute atomic E-state index is 14.2. The number of hydrogen-bond donors (Lipinski definition) is 2. The lowest BCUT2D eigenvalue weighted by Crippen LogP contribution is -2.54. The van der Waals surface area contributed by atoms with Crippen LogP contribution in [-0.4, -0.2) is 59.0 Å². The summed E-state index contributed by atoms with van der Waals surface area (Å²) in [5.74, 6) is 0.213. The Morgan fingerprint density at radius 1 is 1.00 bits per heavy atom. The molecule has 0 bridgehead atoms.